The molecule has 0 amide bonds. The maximum absolute atomic E-state index is 4.17. The number of hydrogen-bond donors (Lipinski definition) is 1. The number of aromatic nitrogens is 1. The maximum Gasteiger partial charge on any atom is 0.0860 e. The molecule has 2 heterocycles. The van der Waals surface area contributed by atoms with E-state index in [2.05, 4.69) is 34.1 Å². The molecule has 1 unspecified atom stereocenters. The van der Waals surface area contributed by atoms with Crippen molar-refractivity contribution in [2.24, 2.45) is 0 Å². The maximum atomic E-state index is 4.17. The minimum atomic E-state index is 0.247. The van der Waals surface area contributed by atoms with E-state index in [1.165, 1.54) is 0 Å². The van der Waals surface area contributed by atoms with Crippen LogP contribution in [-0.2, 0) is 0 Å². The van der Waals surface area contributed by atoms with Gasteiger partial charge in [0, 0.05) is 38.6 Å². The van der Waals surface area contributed by atoms with E-state index in [0.29, 0.717) is 0 Å². The summed E-state index contributed by atoms with van der Waals surface area (Å²) in [6.07, 6.45) is 4.39. The molecule has 3 nitrogen and oxygen atoms in total. The normalized spacial score (nSPS) is 21.6. The van der Waals surface area contributed by atoms with Crippen LogP contribution in [0.1, 0.15) is 6.17 Å². The Morgan fingerprint density at radius 1 is 1.15 bits per heavy atom. The van der Waals surface area contributed by atoms with Gasteiger partial charge < -0.3 is 9.88 Å². The van der Waals surface area contributed by atoms with Crippen LogP contribution in [0.5, 0.6) is 0 Å². The fourth-order valence-corrected chi connectivity index (χ4v) is 1.72. The van der Waals surface area contributed by atoms with Crippen LogP contribution in [0.3, 0.4) is 0 Å². The zero-order valence-electron chi connectivity index (χ0n) is 7.82. The SMILES string of the molecule is [CH2]C(N1CCNCC1)n1cccc1. The summed E-state index contributed by atoms with van der Waals surface area (Å²) >= 11 is 0. The van der Waals surface area contributed by atoms with Crippen molar-refractivity contribution < 1.29 is 0 Å². The van der Waals surface area contributed by atoms with Crippen LogP contribution in [0, 0.1) is 6.92 Å². The van der Waals surface area contributed by atoms with Gasteiger partial charge in [-0.3, -0.25) is 4.90 Å². The van der Waals surface area contributed by atoms with Crippen molar-refractivity contribution in [1.82, 2.24) is 14.8 Å². The first-order valence-corrected chi connectivity index (χ1v) is 4.78. The molecule has 0 saturated carbocycles. The highest BCUT2D eigenvalue weighted by Crippen LogP contribution is 2.12. The first-order valence-electron chi connectivity index (χ1n) is 4.78. The molecule has 3 heteroatoms. The monoisotopic (exact) mass is 178 g/mol. The van der Waals surface area contributed by atoms with Gasteiger partial charge in [0.25, 0.3) is 0 Å². The lowest BCUT2D eigenvalue weighted by Gasteiger charge is -2.33. The van der Waals surface area contributed by atoms with E-state index in [-0.39, 0.29) is 6.17 Å². The minimum Gasteiger partial charge on any atom is -0.338 e. The van der Waals surface area contributed by atoms with Gasteiger partial charge in [0.15, 0.2) is 0 Å². The summed E-state index contributed by atoms with van der Waals surface area (Å²) in [6, 6.07) is 4.08. The van der Waals surface area contributed by atoms with Crippen LogP contribution in [0.15, 0.2) is 24.5 Å². The molecule has 1 aromatic rings. The summed E-state index contributed by atoms with van der Waals surface area (Å²) < 4.78 is 2.14. The zero-order valence-corrected chi connectivity index (χ0v) is 7.82. The van der Waals surface area contributed by atoms with E-state index >= 15 is 0 Å². The van der Waals surface area contributed by atoms with Crippen molar-refractivity contribution in [1.29, 1.82) is 0 Å². The Hall–Kier alpha value is -0.800. The molecule has 1 aliphatic heterocycles. The summed E-state index contributed by atoms with van der Waals surface area (Å²) in [7, 11) is 0. The average molecular weight is 178 g/mol. The number of hydrogen-bond acceptors (Lipinski definition) is 2. The molecule has 1 aromatic heterocycles. The Labute approximate surface area is 79.3 Å². The molecule has 13 heavy (non-hydrogen) atoms. The second-order valence-corrected chi connectivity index (χ2v) is 3.40. The van der Waals surface area contributed by atoms with Gasteiger partial charge in [-0.25, -0.2) is 0 Å². The van der Waals surface area contributed by atoms with Gasteiger partial charge >= 0.3 is 0 Å². The van der Waals surface area contributed by atoms with E-state index in [1.54, 1.807) is 0 Å². The van der Waals surface area contributed by atoms with Crippen molar-refractivity contribution in [3.63, 3.8) is 0 Å². The molecule has 1 N–H and O–H groups in total. The fourth-order valence-electron chi connectivity index (χ4n) is 1.72. The fraction of sp³-hybridized carbons (Fsp3) is 0.500. The van der Waals surface area contributed by atoms with Gasteiger partial charge in [0.2, 0.25) is 0 Å². The van der Waals surface area contributed by atoms with Crippen molar-refractivity contribution in [2.45, 2.75) is 6.17 Å². The molecule has 0 bridgehead atoms. The molecule has 1 saturated heterocycles. The second-order valence-electron chi connectivity index (χ2n) is 3.40. The lowest BCUT2D eigenvalue weighted by atomic mass is 10.3. The number of nitrogens with zero attached hydrogens (tertiary/aromatic N) is 2. The largest absolute Gasteiger partial charge is 0.338 e. The molecule has 1 atom stereocenters. The molecule has 1 aliphatic rings. The Kier molecular flexibility index (Phi) is 2.66. The van der Waals surface area contributed by atoms with Gasteiger partial charge in [-0.05, 0) is 19.1 Å². The smallest absolute Gasteiger partial charge is 0.0860 e. The van der Waals surface area contributed by atoms with Crippen LogP contribution < -0.4 is 5.32 Å². The highest BCUT2D eigenvalue weighted by Gasteiger charge is 2.16. The van der Waals surface area contributed by atoms with E-state index < -0.39 is 0 Å². The highest BCUT2D eigenvalue weighted by atomic mass is 15.3. The van der Waals surface area contributed by atoms with Crippen molar-refractivity contribution in [3.8, 4) is 0 Å². The molecule has 1 fully saturated rings. The van der Waals surface area contributed by atoms with E-state index in [9.17, 15) is 0 Å². The molecular formula is C10H16N3. The molecule has 2 rings (SSSR count). The number of rotatable bonds is 2. The van der Waals surface area contributed by atoms with E-state index in [4.69, 9.17) is 0 Å². The predicted octanol–water partition coefficient (Wildman–Crippen LogP) is 0.726. The Morgan fingerprint density at radius 3 is 2.38 bits per heavy atom. The first-order chi connectivity index (χ1) is 6.38. The summed E-state index contributed by atoms with van der Waals surface area (Å²) in [5.41, 5.74) is 0. The molecule has 0 spiro atoms. The number of nitrogens with one attached hydrogen (secondary N) is 1. The van der Waals surface area contributed by atoms with Crippen LogP contribution in [0.4, 0.5) is 0 Å². The highest BCUT2D eigenvalue weighted by molar-refractivity contribution is 4.94. The van der Waals surface area contributed by atoms with Crippen molar-refractivity contribution in [2.75, 3.05) is 26.2 Å². The van der Waals surface area contributed by atoms with E-state index in [1.807, 2.05) is 12.1 Å². The van der Waals surface area contributed by atoms with Crippen molar-refractivity contribution >= 4 is 0 Å². The third-order valence-electron chi connectivity index (χ3n) is 2.54. The lowest BCUT2D eigenvalue weighted by molar-refractivity contribution is 0.155. The van der Waals surface area contributed by atoms with Crippen LogP contribution in [-0.4, -0.2) is 35.6 Å². The van der Waals surface area contributed by atoms with Gasteiger partial charge in [0.1, 0.15) is 0 Å². The molecule has 1 radical (unpaired) electrons. The Bertz CT molecular complexity index is 237. The van der Waals surface area contributed by atoms with Crippen LogP contribution >= 0.6 is 0 Å². The van der Waals surface area contributed by atoms with Gasteiger partial charge in [-0.2, -0.15) is 0 Å². The molecular weight excluding hydrogens is 162 g/mol. The third kappa shape index (κ3) is 1.92. The Morgan fingerprint density at radius 2 is 1.77 bits per heavy atom. The minimum absolute atomic E-state index is 0.247. The quantitative estimate of drug-likeness (QED) is 0.720. The van der Waals surface area contributed by atoms with Gasteiger partial charge in [-0.1, -0.05) is 0 Å². The first kappa shape index (κ1) is 8.78. The summed E-state index contributed by atoms with van der Waals surface area (Å²) in [4.78, 5) is 2.39. The van der Waals surface area contributed by atoms with Crippen LogP contribution in [0.2, 0.25) is 0 Å². The summed E-state index contributed by atoms with van der Waals surface area (Å²) in [5, 5.41) is 3.34. The van der Waals surface area contributed by atoms with Crippen LogP contribution in [0.25, 0.3) is 0 Å². The third-order valence-corrected chi connectivity index (χ3v) is 2.54. The number of piperazine rings is 1. The summed E-state index contributed by atoms with van der Waals surface area (Å²) in [6.45, 7) is 8.50. The molecule has 0 aliphatic carbocycles. The average Bonchev–Trinajstić information content (AvgIpc) is 2.71. The standard InChI is InChI=1S/C10H16N3/c1-10(12-6-2-3-7-12)13-8-4-11-5-9-13/h2-3,6-7,10-11H,1,4-5,8-9H2. The topological polar surface area (TPSA) is 20.2 Å². The molecule has 0 aromatic carbocycles. The van der Waals surface area contributed by atoms with Gasteiger partial charge in [0.05, 0.1) is 6.17 Å². The summed E-state index contributed by atoms with van der Waals surface area (Å²) in [5.74, 6) is 0. The van der Waals surface area contributed by atoms with Crippen molar-refractivity contribution in [3.05, 3.63) is 31.5 Å². The predicted molar refractivity (Wildman–Crippen MR) is 53.3 cm³/mol. The lowest BCUT2D eigenvalue weighted by Crippen LogP contribution is -2.45. The van der Waals surface area contributed by atoms with Gasteiger partial charge in [-0.15, -0.1) is 0 Å². The second kappa shape index (κ2) is 3.94. The zero-order chi connectivity index (χ0) is 9.10. The van der Waals surface area contributed by atoms with E-state index in [0.717, 1.165) is 26.2 Å². The Balaban J connectivity index is 1.99. The molecule has 71 valence electrons.